The predicted octanol–water partition coefficient (Wildman–Crippen LogP) is 6.59. The first-order valence-electron chi connectivity index (χ1n) is 8.03. The van der Waals surface area contributed by atoms with Crippen LogP contribution >= 0.6 is 36.0 Å². The van der Waals surface area contributed by atoms with Gasteiger partial charge in [-0.15, -0.1) is 12.6 Å². The van der Waals surface area contributed by atoms with E-state index in [1.54, 1.807) is 18.3 Å². The lowest BCUT2D eigenvalue weighted by atomic mass is 10.1. The Balaban J connectivity index is 1.96. The molecule has 3 aromatic rings. The van der Waals surface area contributed by atoms with E-state index in [1.165, 1.54) is 23.9 Å². The average Bonchev–Trinajstić information content (AvgIpc) is 2.68. The smallest absolute Gasteiger partial charge is 0.123 e. The molecule has 0 amide bonds. The maximum atomic E-state index is 13.1. The Morgan fingerprint density at radius 3 is 2.22 bits per heavy atom. The van der Waals surface area contributed by atoms with Crippen LogP contribution in [0.2, 0.25) is 5.02 Å². The Kier molecular flexibility index (Phi) is 6.61. The van der Waals surface area contributed by atoms with Crippen LogP contribution in [0.4, 0.5) is 10.1 Å². The maximum Gasteiger partial charge on any atom is 0.123 e. The highest BCUT2D eigenvalue weighted by molar-refractivity contribution is 8.04. The first-order chi connectivity index (χ1) is 13.0. The molecule has 136 valence electrons. The molecule has 0 saturated carbocycles. The van der Waals surface area contributed by atoms with Gasteiger partial charge in [0.05, 0.1) is 16.3 Å². The first-order valence-corrected chi connectivity index (χ1v) is 9.67. The number of thioether (sulfide) groups is 1. The Morgan fingerprint density at radius 2 is 1.59 bits per heavy atom. The number of rotatable bonds is 5. The van der Waals surface area contributed by atoms with Crippen molar-refractivity contribution in [2.45, 2.75) is 9.79 Å². The van der Waals surface area contributed by atoms with E-state index in [1.807, 2.05) is 48.5 Å². The van der Waals surface area contributed by atoms with Crippen LogP contribution in [-0.2, 0) is 0 Å². The van der Waals surface area contributed by atoms with Gasteiger partial charge in [0.25, 0.3) is 0 Å². The second-order valence-electron chi connectivity index (χ2n) is 5.62. The van der Waals surface area contributed by atoms with Gasteiger partial charge in [0, 0.05) is 21.0 Å². The Labute approximate surface area is 172 Å². The largest absolute Gasteiger partial charge is 0.397 e. The topological polar surface area (TPSA) is 38.4 Å². The number of benzene rings is 3. The van der Waals surface area contributed by atoms with Crippen molar-refractivity contribution in [3.05, 3.63) is 94.1 Å². The molecule has 0 aromatic heterocycles. The number of hydrogen-bond acceptors (Lipinski definition) is 4. The average molecular weight is 415 g/mol. The summed E-state index contributed by atoms with van der Waals surface area (Å²) in [4.78, 5) is 7.05. The van der Waals surface area contributed by atoms with Gasteiger partial charge < -0.3 is 5.73 Å². The van der Waals surface area contributed by atoms with Gasteiger partial charge in [0.15, 0.2) is 0 Å². The van der Waals surface area contributed by atoms with Crippen LogP contribution in [0.25, 0.3) is 5.70 Å². The van der Waals surface area contributed by atoms with Gasteiger partial charge >= 0.3 is 0 Å². The predicted molar refractivity (Wildman–Crippen MR) is 117 cm³/mol. The molecule has 27 heavy (non-hydrogen) atoms. The molecule has 2 nitrogen and oxygen atoms in total. The number of thiol groups is 1. The number of nitrogens with zero attached hydrogens (tertiary/aromatic N) is 1. The van der Waals surface area contributed by atoms with Gasteiger partial charge in [-0.05, 0) is 66.2 Å². The molecule has 0 unspecified atom stereocenters. The normalized spacial score (nSPS) is 12.3. The third kappa shape index (κ3) is 5.63. The number of halogens is 2. The summed E-state index contributed by atoms with van der Waals surface area (Å²) in [7, 11) is 0. The second kappa shape index (κ2) is 9.13. The van der Waals surface area contributed by atoms with Gasteiger partial charge in [-0.25, -0.2) is 4.39 Å². The SMILES string of the molecule is NC(=C(C=Nc1ccc(F)cc1)Sc1ccc(Cl)cc1)c1ccc(S)cc1. The quantitative estimate of drug-likeness (QED) is 0.281. The molecular formula is C21H16ClFN2S2. The number of aliphatic imine (C=N–C) groups is 1. The molecule has 0 saturated heterocycles. The fraction of sp³-hybridized carbons (Fsp3) is 0. The molecule has 0 fully saturated rings. The molecule has 0 aliphatic rings. The lowest BCUT2D eigenvalue weighted by Crippen LogP contribution is -2.01. The minimum atomic E-state index is -0.299. The van der Waals surface area contributed by atoms with E-state index < -0.39 is 0 Å². The van der Waals surface area contributed by atoms with Crippen LogP contribution in [0.1, 0.15) is 5.56 Å². The Hall–Kier alpha value is -2.21. The Bertz CT molecular complexity index is 967. The molecule has 0 spiro atoms. The summed E-state index contributed by atoms with van der Waals surface area (Å²) < 4.78 is 13.1. The lowest BCUT2D eigenvalue weighted by molar-refractivity contribution is 0.628. The summed E-state index contributed by atoms with van der Waals surface area (Å²) in [6.07, 6.45) is 1.69. The van der Waals surface area contributed by atoms with Crippen molar-refractivity contribution in [2.24, 2.45) is 10.7 Å². The Morgan fingerprint density at radius 1 is 0.963 bits per heavy atom. The fourth-order valence-corrected chi connectivity index (χ4v) is 3.36. The molecule has 0 bridgehead atoms. The van der Waals surface area contributed by atoms with Crippen LogP contribution in [0.5, 0.6) is 0 Å². The zero-order valence-electron chi connectivity index (χ0n) is 14.1. The summed E-state index contributed by atoms with van der Waals surface area (Å²) >= 11 is 11.8. The number of hydrogen-bond donors (Lipinski definition) is 2. The lowest BCUT2D eigenvalue weighted by Gasteiger charge is -2.09. The van der Waals surface area contributed by atoms with Crippen LogP contribution in [0, 0.1) is 5.82 Å². The van der Waals surface area contributed by atoms with Crippen molar-refractivity contribution < 1.29 is 4.39 Å². The van der Waals surface area contributed by atoms with E-state index in [2.05, 4.69) is 17.6 Å². The summed E-state index contributed by atoms with van der Waals surface area (Å²) in [5.74, 6) is -0.299. The van der Waals surface area contributed by atoms with Gasteiger partial charge in [0.1, 0.15) is 5.82 Å². The van der Waals surface area contributed by atoms with Gasteiger partial charge in [-0.3, -0.25) is 4.99 Å². The van der Waals surface area contributed by atoms with Crippen molar-refractivity contribution in [2.75, 3.05) is 0 Å². The summed E-state index contributed by atoms with van der Waals surface area (Å²) in [6.45, 7) is 0. The van der Waals surface area contributed by atoms with Gasteiger partial charge in [-0.1, -0.05) is 35.5 Å². The molecular weight excluding hydrogens is 399 g/mol. The highest BCUT2D eigenvalue weighted by atomic mass is 35.5. The molecule has 0 atom stereocenters. The highest BCUT2D eigenvalue weighted by Crippen LogP contribution is 2.31. The molecule has 3 rings (SSSR count). The zero-order chi connectivity index (χ0) is 19.2. The molecule has 0 radical (unpaired) electrons. The van der Waals surface area contributed by atoms with E-state index >= 15 is 0 Å². The summed E-state index contributed by atoms with van der Waals surface area (Å²) in [5, 5.41) is 0.669. The molecule has 0 heterocycles. The van der Waals surface area contributed by atoms with Crippen LogP contribution in [-0.4, -0.2) is 6.21 Å². The van der Waals surface area contributed by atoms with Crippen molar-refractivity contribution in [3.63, 3.8) is 0 Å². The first kappa shape index (κ1) is 19.5. The van der Waals surface area contributed by atoms with Crippen molar-refractivity contribution >= 4 is 53.6 Å². The van der Waals surface area contributed by atoms with Crippen molar-refractivity contribution in [1.29, 1.82) is 0 Å². The summed E-state index contributed by atoms with van der Waals surface area (Å²) in [6, 6.07) is 21.0. The number of nitrogens with two attached hydrogens (primary N) is 1. The van der Waals surface area contributed by atoms with E-state index in [-0.39, 0.29) is 5.82 Å². The van der Waals surface area contributed by atoms with Crippen LogP contribution < -0.4 is 5.73 Å². The van der Waals surface area contributed by atoms with Crippen LogP contribution in [0.3, 0.4) is 0 Å². The minimum Gasteiger partial charge on any atom is -0.397 e. The maximum absolute atomic E-state index is 13.1. The van der Waals surface area contributed by atoms with Crippen molar-refractivity contribution in [3.8, 4) is 0 Å². The number of allylic oxidation sites excluding steroid dienone is 1. The molecule has 3 aromatic carbocycles. The molecule has 0 aliphatic heterocycles. The monoisotopic (exact) mass is 414 g/mol. The summed E-state index contributed by atoms with van der Waals surface area (Å²) in [5.41, 5.74) is 8.52. The van der Waals surface area contributed by atoms with E-state index in [0.29, 0.717) is 16.4 Å². The minimum absolute atomic E-state index is 0.299. The third-order valence-corrected chi connectivity index (χ3v) is 5.25. The van der Waals surface area contributed by atoms with Crippen molar-refractivity contribution in [1.82, 2.24) is 0 Å². The van der Waals surface area contributed by atoms with Gasteiger partial charge in [-0.2, -0.15) is 0 Å². The van der Waals surface area contributed by atoms with E-state index in [4.69, 9.17) is 17.3 Å². The van der Waals surface area contributed by atoms with Gasteiger partial charge in [0.2, 0.25) is 0 Å². The van der Waals surface area contributed by atoms with E-state index in [9.17, 15) is 4.39 Å². The fourth-order valence-electron chi connectivity index (χ4n) is 2.22. The van der Waals surface area contributed by atoms with E-state index in [0.717, 1.165) is 20.3 Å². The van der Waals surface area contributed by atoms with Crippen LogP contribution in [0.15, 0.2) is 92.5 Å². The standard InChI is InChI=1S/C21H16ClFN2S2/c22-15-3-11-19(12-4-15)27-20(13-25-17-7-5-16(23)6-8-17)21(24)14-1-9-18(26)10-2-14/h1-13,26H,24H2. The third-order valence-electron chi connectivity index (χ3n) is 3.64. The highest BCUT2D eigenvalue weighted by Gasteiger charge is 2.07. The molecule has 2 N–H and O–H groups in total. The molecule has 0 aliphatic carbocycles. The zero-order valence-corrected chi connectivity index (χ0v) is 16.6. The molecule has 6 heteroatoms. The second-order valence-corrected chi connectivity index (χ2v) is 7.68.